The number of fused-ring (bicyclic) bond motifs is 3. The van der Waals surface area contributed by atoms with E-state index in [-0.39, 0.29) is 12.0 Å². The van der Waals surface area contributed by atoms with Crippen molar-refractivity contribution in [1.82, 2.24) is 0 Å². The van der Waals surface area contributed by atoms with E-state index in [0.717, 1.165) is 28.2 Å². The molecule has 2 aromatic carbocycles. The summed E-state index contributed by atoms with van der Waals surface area (Å²) in [5.41, 5.74) is 5.11. The number of nitrogens with zero attached hydrogens (tertiary/aromatic N) is 1. The lowest BCUT2D eigenvalue weighted by molar-refractivity contribution is 0.144. The Morgan fingerprint density at radius 3 is 2.27 bits per heavy atom. The van der Waals surface area contributed by atoms with Gasteiger partial charge in [-0.1, -0.05) is 64.1 Å². The second-order valence-corrected chi connectivity index (χ2v) is 11.3. The van der Waals surface area contributed by atoms with Crippen LogP contribution in [0.25, 0.3) is 10.8 Å². The summed E-state index contributed by atoms with van der Waals surface area (Å²) in [6, 6.07) is 11.0. The molecule has 0 radical (unpaired) electrons. The quantitative estimate of drug-likeness (QED) is 0.365. The summed E-state index contributed by atoms with van der Waals surface area (Å²) in [6.45, 7) is 20.0. The minimum absolute atomic E-state index is 0.0418. The van der Waals surface area contributed by atoms with Gasteiger partial charge >= 0.3 is 0 Å². The van der Waals surface area contributed by atoms with E-state index in [1.165, 1.54) is 21.9 Å². The van der Waals surface area contributed by atoms with Gasteiger partial charge in [-0.25, -0.2) is 0 Å². The summed E-state index contributed by atoms with van der Waals surface area (Å²) in [4.78, 5) is 6.22. The minimum Gasteiger partial charge on any atom is -0.392 e. The molecule has 0 amide bonds. The molecule has 0 aliphatic carbocycles. The van der Waals surface area contributed by atoms with Gasteiger partial charge in [0.1, 0.15) is 0 Å². The van der Waals surface area contributed by atoms with Gasteiger partial charge in [-0.2, -0.15) is 0 Å². The summed E-state index contributed by atoms with van der Waals surface area (Å²) < 4.78 is 5.57. The van der Waals surface area contributed by atoms with Gasteiger partial charge in [0.25, 0.3) is 0 Å². The van der Waals surface area contributed by atoms with Crippen molar-refractivity contribution in [1.29, 1.82) is 0 Å². The molecule has 4 heteroatoms. The third kappa shape index (κ3) is 4.11. The first-order valence-corrected chi connectivity index (χ1v) is 12.1. The predicted octanol–water partition coefficient (Wildman–Crippen LogP) is 6.77. The maximum Gasteiger partial charge on any atom is 0.0910 e. The molecule has 1 aliphatic heterocycles. The van der Waals surface area contributed by atoms with Crippen molar-refractivity contribution >= 4 is 29.1 Å². The van der Waals surface area contributed by atoms with Crippen molar-refractivity contribution in [3.63, 3.8) is 0 Å². The van der Waals surface area contributed by atoms with E-state index >= 15 is 0 Å². The predicted molar refractivity (Wildman–Crippen MR) is 145 cm³/mol. The molecule has 1 aliphatic rings. The van der Waals surface area contributed by atoms with E-state index < -0.39 is 11.0 Å². The van der Waals surface area contributed by atoms with Gasteiger partial charge in [-0.15, -0.1) is 12.6 Å². The maximum absolute atomic E-state index is 10.2. The Bertz CT molecular complexity index is 1150. The van der Waals surface area contributed by atoms with Crippen LogP contribution in [0, 0.1) is 0 Å². The molecule has 1 heterocycles. The fourth-order valence-electron chi connectivity index (χ4n) is 5.14. The van der Waals surface area contributed by atoms with Crippen LogP contribution in [-0.2, 0) is 15.6 Å². The van der Waals surface area contributed by atoms with Crippen molar-refractivity contribution in [2.45, 2.75) is 71.3 Å². The van der Waals surface area contributed by atoms with E-state index in [2.05, 4.69) is 85.4 Å². The Morgan fingerprint density at radius 1 is 1.15 bits per heavy atom. The molecule has 0 saturated carbocycles. The summed E-state index contributed by atoms with van der Waals surface area (Å²) in [7, 11) is 1.73. The van der Waals surface area contributed by atoms with E-state index in [1.54, 1.807) is 7.11 Å². The average molecular weight is 466 g/mol. The van der Waals surface area contributed by atoms with Gasteiger partial charge in [0.05, 0.1) is 17.9 Å². The fourth-order valence-corrected chi connectivity index (χ4v) is 5.31. The topological polar surface area (TPSA) is 41.8 Å². The zero-order valence-electron chi connectivity index (χ0n) is 21.5. The monoisotopic (exact) mass is 465 g/mol. The first-order chi connectivity index (χ1) is 15.3. The first-order valence-electron chi connectivity index (χ1n) is 11.6. The standard InChI is InChI=1S/C29H39NO2S/c1-18(2)26(33)25-22-16-23(27(4,5)6)20-12-10-11-13-21(20)24(22)28(7,14-15-32-9)29(8,30-25)19(3)17-31/h10-13,16,31,33H,3,14-15,17H2,1-2,4-9H3. The number of allylic oxidation sites excluding steroid dienone is 2. The molecule has 2 atom stereocenters. The number of benzene rings is 2. The number of aliphatic imine (C=N–C) groups is 1. The Kier molecular flexibility index (Phi) is 7.06. The zero-order valence-corrected chi connectivity index (χ0v) is 22.4. The second-order valence-electron chi connectivity index (χ2n) is 10.9. The molecule has 0 spiro atoms. The van der Waals surface area contributed by atoms with Crippen LogP contribution < -0.4 is 0 Å². The highest BCUT2D eigenvalue weighted by atomic mass is 32.1. The molecular formula is C29H39NO2S. The lowest BCUT2D eigenvalue weighted by Gasteiger charge is -2.50. The van der Waals surface area contributed by atoms with Crippen LogP contribution in [0.4, 0.5) is 0 Å². The molecule has 3 rings (SSSR count). The summed E-state index contributed by atoms with van der Waals surface area (Å²) in [5.74, 6) is 0. The molecule has 2 unspecified atom stereocenters. The third-order valence-corrected chi connectivity index (χ3v) is 8.11. The molecule has 178 valence electrons. The molecule has 0 bridgehead atoms. The van der Waals surface area contributed by atoms with Crippen molar-refractivity contribution in [3.05, 3.63) is 69.7 Å². The van der Waals surface area contributed by atoms with Crippen molar-refractivity contribution in [2.24, 2.45) is 4.99 Å². The van der Waals surface area contributed by atoms with Crippen LogP contribution in [-0.4, -0.2) is 36.7 Å². The Morgan fingerprint density at radius 2 is 1.76 bits per heavy atom. The molecule has 33 heavy (non-hydrogen) atoms. The smallest absolute Gasteiger partial charge is 0.0910 e. The lowest BCUT2D eigenvalue weighted by atomic mass is 9.58. The van der Waals surface area contributed by atoms with E-state index in [4.69, 9.17) is 22.4 Å². The average Bonchev–Trinajstić information content (AvgIpc) is 2.77. The number of rotatable bonds is 6. The van der Waals surface area contributed by atoms with E-state index in [1.807, 2.05) is 0 Å². The molecule has 1 N–H and O–H groups in total. The minimum atomic E-state index is -0.724. The van der Waals surface area contributed by atoms with Crippen LogP contribution in [0.2, 0.25) is 0 Å². The van der Waals surface area contributed by atoms with Crippen LogP contribution in [0.1, 0.15) is 71.6 Å². The van der Waals surface area contributed by atoms with Crippen LogP contribution in [0.3, 0.4) is 0 Å². The Hall–Kier alpha value is -1.88. The van der Waals surface area contributed by atoms with Gasteiger partial charge in [0.2, 0.25) is 0 Å². The maximum atomic E-state index is 10.2. The third-order valence-electron chi connectivity index (χ3n) is 7.45. The van der Waals surface area contributed by atoms with Gasteiger partial charge in [-0.3, -0.25) is 4.99 Å². The van der Waals surface area contributed by atoms with Crippen LogP contribution in [0.15, 0.2) is 58.0 Å². The number of aliphatic hydroxyl groups is 1. The fraction of sp³-hybridized carbons (Fsp3) is 0.483. The molecule has 2 aromatic rings. The number of hydrogen-bond acceptors (Lipinski definition) is 4. The number of hydrogen-bond donors (Lipinski definition) is 2. The van der Waals surface area contributed by atoms with Gasteiger partial charge in [-0.05, 0) is 66.1 Å². The van der Waals surface area contributed by atoms with Gasteiger partial charge in [0.15, 0.2) is 0 Å². The second kappa shape index (κ2) is 9.05. The van der Waals surface area contributed by atoms with Crippen molar-refractivity contribution < 1.29 is 9.84 Å². The van der Waals surface area contributed by atoms with Gasteiger partial charge in [0, 0.05) is 29.6 Å². The highest BCUT2D eigenvalue weighted by Crippen LogP contribution is 2.53. The highest BCUT2D eigenvalue weighted by Gasteiger charge is 2.52. The van der Waals surface area contributed by atoms with Gasteiger partial charge < -0.3 is 9.84 Å². The van der Waals surface area contributed by atoms with Crippen molar-refractivity contribution in [3.8, 4) is 0 Å². The molecular weight excluding hydrogens is 426 g/mol. The number of methoxy groups -OCH3 is 1. The SMILES string of the molecule is C=C(CO)C1(C)N=C(C(S)=C(C)C)c2cc(C(C)(C)C)c3ccccc3c2C1(C)CCOC. The largest absolute Gasteiger partial charge is 0.392 e. The normalized spacial score (nSPS) is 22.7. The first kappa shape index (κ1) is 25.7. The molecule has 3 nitrogen and oxygen atoms in total. The lowest BCUT2D eigenvalue weighted by Crippen LogP contribution is -2.52. The number of aliphatic hydroxyl groups excluding tert-OH is 1. The number of ether oxygens (including phenoxy) is 1. The zero-order chi connectivity index (χ0) is 24.8. The van der Waals surface area contributed by atoms with E-state index in [9.17, 15) is 5.11 Å². The summed E-state index contributed by atoms with van der Waals surface area (Å²) in [6.07, 6.45) is 0.748. The summed E-state index contributed by atoms with van der Waals surface area (Å²) in [5, 5.41) is 12.7. The van der Waals surface area contributed by atoms with Crippen LogP contribution >= 0.6 is 12.6 Å². The van der Waals surface area contributed by atoms with Crippen molar-refractivity contribution in [2.75, 3.05) is 20.3 Å². The number of thiol groups is 1. The van der Waals surface area contributed by atoms with E-state index in [0.29, 0.717) is 12.2 Å². The Labute approximate surface area is 205 Å². The molecule has 0 aromatic heterocycles. The Balaban J connectivity index is 2.60. The summed E-state index contributed by atoms with van der Waals surface area (Å²) >= 11 is 4.93. The molecule has 0 fully saturated rings. The molecule has 0 saturated heterocycles. The van der Waals surface area contributed by atoms with Crippen LogP contribution in [0.5, 0.6) is 0 Å². The highest BCUT2D eigenvalue weighted by molar-refractivity contribution is 7.85.